The van der Waals surface area contributed by atoms with Crippen LogP contribution in [-0.4, -0.2) is 340 Å². The lowest BCUT2D eigenvalue weighted by atomic mass is 9.98. The van der Waals surface area contributed by atoms with Gasteiger partial charge in [-0.25, -0.2) is 0 Å². The molecule has 17 N–H and O–H groups in total. The molecule has 0 saturated carbocycles. The highest BCUT2D eigenvalue weighted by Gasteiger charge is 2.51. The number of rotatable bonds is 47. The molecule has 5 aliphatic rings. The first-order valence-corrected chi connectivity index (χ1v) is 33.1. The Bertz CT molecular complexity index is 1890. The zero-order chi connectivity index (χ0) is 67.0. The average Bonchev–Trinajstić information content (AvgIpc) is 0.879. The van der Waals surface area contributed by atoms with Crippen molar-refractivity contribution in [2.45, 2.75) is 276 Å². The molecule has 0 aromatic rings. The number of amides is 1. The first-order valence-electron chi connectivity index (χ1n) is 33.1. The highest BCUT2D eigenvalue weighted by molar-refractivity contribution is 5.75. The van der Waals surface area contributed by atoms with E-state index in [1.165, 1.54) is 38.5 Å². The van der Waals surface area contributed by atoms with E-state index in [4.69, 9.17) is 66.3 Å². The SMILES string of the molecule is CCCCCCCCCCCC(=O)NCCCCCCO[C@@H]1O[C@H](COCCCO[C@H]2O[C@H](CO)[C@@H](O)[C@H](O)[C@@H]2O)[C@@H](OCCCO[C@H]2O[C@H](CO)[C@@H](O)[C@H](O)[C@@H]2O)[C@H](OCCCO[C@H]2O[C@H](CO)[C@@H](O)[C@H](O)[C@@H]2O)[C@H]1OCCCO[C@H]1O[C@H](CO)[C@@H](O)[C@H](O)[C@@H]1O. The van der Waals surface area contributed by atoms with E-state index in [0.29, 0.717) is 25.8 Å². The molecular formula is C60H111NO31. The van der Waals surface area contributed by atoms with Crippen molar-refractivity contribution in [3.05, 3.63) is 0 Å². The maximum absolute atomic E-state index is 12.6. The third-order valence-electron chi connectivity index (χ3n) is 16.8. The summed E-state index contributed by atoms with van der Waals surface area (Å²) in [6, 6.07) is 0. The van der Waals surface area contributed by atoms with Gasteiger partial charge in [0.05, 0.1) is 59.5 Å². The maximum atomic E-state index is 12.6. The highest BCUT2D eigenvalue weighted by Crippen LogP contribution is 2.32. The smallest absolute Gasteiger partial charge is 0.219 e. The molecule has 0 radical (unpaired) electrons. The van der Waals surface area contributed by atoms with Gasteiger partial charge in [-0.1, -0.05) is 71.1 Å². The topological polar surface area (TPSA) is 482 Å². The molecule has 0 aromatic carbocycles. The van der Waals surface area contributed by atoms with E-state index >= 15 is 0 Å². The van der Waals surface area contributed by atoms with Crippen molar-refractivity contribution in [2.75, 3.05) is 99.0 Å². The normalized spacial score (nSPS) is 37.0. The molecule has 0 aromatic heterocycles. The van der Waals surface area contributed by atoms with Crippen LogP contribution >= 0.6 is 0 Å². The number of carbonyl (C=O) groups excluding carboxylic acids is 1. The number of nitrogens with one attached hydrogen (secondary N) is 1. The van der Waals surface area contributed by atoms with Crippen LogP contribution in [0.25, 0.3) is 0 Å². The zero-order valence-electron chi connectivity index (χ0n) is 53.0. The van der Waals surface area contributed by atoms with E-state index in [9.17, 15) is 86.5 Å². The lowest BCUT2D eigenvalue weighted by Crippen LogP contribution is -2.62. The largest absolute Gasteiger partial charge is 0.394 e. The second kappa shape index (κ2) is 45.0. The van der Waals surface area contributed by atoms with E-state index < -0.39 is 180 Å². The van der Waals surface area contributed by atoms with Crippen molar-refractivity contribution in [3.63, 3.8) is 0 Å². The third kappa shape index (κ3) is 25.8. The Balaban J connectivity index is 1.30. The third-order valence-corrected chi connectivity index (χ3v) is 16.8. The molecule has 0 aliphatic carbocycles. The van der Waals surface area contributed by atoms with Crippen LogP contribution in [0.4, 0.5) is 0 Å². The zero-order valence-corrected chi connectivity index (χ0v) is 53.0. The van der Waals surface area contributed by atoms with Gasteiger partial charge in [0.1, 0.15) is 122 Å². The van der Waals surface area contributed by atoms with Crippen molar-refractivity contribution in [1.82, 2.24) is 5.32 Å². The van der Waals surface area contributed by atoms with Crippen LogP contribution < -0.4 is 5.32 Å². The monoisotopic (exact) mass is 1340 g/mol. The van der Waals surface area contributed by atoms with Crippen LogP contribution in [0.3, 0.4) is 0 Å². The van der Waals surface area contributed by atoms with Crippen molar-refractivity contribution in [1.29, 1.82) is 0 Å². The Morgan fingerprint density at radius 2 is 0.630 bits per heavy atom. The number of carbonyl (C=O) groups is 1. The van der Waals surface area contributed by atoms with Gasteiger partial charge in [-0.05, 0) is 44.9 Å². The van der Waals surface area contributed by atoms with Crippen molar-refractivity contribution in [2.24, 2.45) is 0 Å². The van der Waals surface area contributed by atoms with Crippen LogP contribution in [0, 0.1) is 0 Å². The number of hydrogen-bond acceptors (Lipinski definition) is 31. The van der Waals surface area contributed by atoms with Crippen LogP contribution in [0.15, 0.2) is 0 Å². The lowest BCUT2D eigenvalue weighted by Gasteiger charge is -2.46. The van der Waals surface area contributed by atoms with Gasteiger partial charge in [0.25, 0.3) is 0 Å². The number of unbranched alkanes of at least 4 members (excludes halogenated alkanes) is 11. The average molecular weight is 1340 g/mol. The lowest BCUT2D eigenvalue weighted by molar-refractivity contribution is -0.326. The molecule has 542 valence electrons. The summed E-state index contributed by atoms with van der Waals surface area (Å²) in [5, 5.41) is 167. The Morgan fingerprint density at radius 1 is 0.315 bits per heavy atom. The minimum atomic E-state index is -1.69. The number of hydrogen-bond donors (Lipinski definition) is 17. The predicted molar refractivity (Wildman–Crippen MR) is 315 cm³/mol. The molecule has 0 spiro atoms. The second-order valence-electron chi connectivity index (χ2n) is 24.0. The fourth-order valence-corrected chi connectivity index (χ4v) is 11.2. The minimum Gasteiger partial charge on any atom is -0.394 e. The summed E-state index contributed by atoms with van der Waals surface area (Å²) in [6.45, 7) is -0.758. The molecule has 32 heteroatoms. The Kier molecular flexibility index (Phi) is 39.6. The molecule has 5 rings (SSSR count). The van der Waals surface area contributed by atoms with Crippen LogP contribution in [0.2, 0.25) is 0 Å². The van der Waals surface area contributed by atoms with Crippen LogP contribution in [0.5, 0.6) is 0 Å². The summed E-state index contributed by atoms with van der Waals surface area (Å²) in [6.07, 6.45) is -21.6. The van der Waals surface area contributed by atoms with E-state index in [0.717, 1.165) is 32.1 Å². The van der Waals surface area contributed by atoms with Crippen molar-refractivity contribution < 1.29 is 153 Å². The standard InChI is InChI=1S/C60H111NO31/c1-2-3-4-5-6-7-8-9-12-19-40(66)61-20-13-10-11-14-22-87-60-55(82-25-18-29-86-59-52(78)48(74)44(70)38(33-65)91-59)54(81-24-17-28-85-58-51(77)47(73)43(69)37(32-64)90-58)53(80-23-16-27-84-57-50(76)46(72)42(68)36(31-63)89-57)39(92-60)34-79-21-15-26-83-56-49(75)45(71)41(67)35(30-62)88-56/h35-39,41-60,62-65,67-78H,2-34H2,1H3,(H,61,66)/t35-,36-,37-,38-,39-,41-,42-,43-,44-,45+,46+,47+,48+,49+,50+,51+,52+,53-,54+,55-,56+,57+,58+,59+,60-/m1/s1. The fourth-order valence-electron chi connectivity index (χ4n) is 11.2. The Hall–Kier alpha value is -1.73. The number of ether oxygens (including phenoxy) is 14. The van der Waals surface area contributed by atoms with Gasteiger partial charge in [-0.15, -0.1) is 0 Å². The van der Waals surface area contributed by atoms with E-state index in [1.54, 1.807) is 0 Å². The minimum absolute atomic E-state index is 0.0113. The summed E-state index contributed by atoms with van der Waals surface area (Å²) >= 11 is 0. The molecule has 0 bridgehead atoms. The van der Waals surface area contributed by atoms with Crippen LogP contribution in [-0.2, 0) is 71.1 Å². The molecule has 0 unspecified atom stereocenters. The fraction of sp³-hybridized carbons (Fsp3) is 0.983. The first-order chi connectivity index (χ1) is 44.4. The molecule has 92 heavy (non-hydrogen) atoms. The van der Waals surface area contributed by atoms with Gasteiger partial charge in [-0.2, -0.15) is 0 Å². The van der Waals surface area contributed by atoms with E-state index in [2.05, 4.69) is 12.2 Å². The van der Waals surface area contributed by atoms with Gasteiger partial charge < -0.3 is 153 Å². The molecule has 5 saturated heterocycles. The second-order valence-corrected chi connectivity index (χ2v) is 24.0. The van der Waals surface area contributed by atoms with Gasteiger partial charge in [-0.3, -0.25) is 4.79 Å². The number of aliphatic hydroxyl groups is 16. The molecule has 5 heterocycles. The Labute approximate surface area is 537 Å². The summed E-state index contributed by atoms with van der Waals surface area (Å²) in [5.41, 5.74) is 0. The van der Waals surface area contributed by atoms with Gasteiger partial charge >= 0.3 is 0 Å². The maximum Gasteiger partial charge on any atom is 0.219 e. The molecule has 32 nitrogen and oxygen atoms in total. The summed E-state index contributed by atoms with van der Waals surface area (Å²) in [4.78, 5) is 12.6. The van der Waals surface area contributed by atoms with Gasteiger partial charge in [0.2, 0.25) is 5.91 Å². The van der Waals surface area contributed by atoms with E-state index in [1.807, 2.05) is 0 Å². The summed E-state index contributed by atoms with van der Waals surface area (Å²) in [5.74, 6) is 0.0268. The first kappa shape index (κ1) is 80.9. The molecular weight excluding hydrogens is 1230 g/mol. The Morgan fingerprint density at radius 3 is 1.04 bits per heavy atom. The summed E-state index contributed by atoms with van der Waals surface area (Å²) in [7, 11) is 0. The van der Waals surface area contributed by atoms with Crippen molar-refractivity contribution in [3.8, 4) is 0 Å². The quantitative estimate of drug-likeness (QED) is 0.0255. The predicted octanol–water partition coefficient (Wildman–Crippen LogP) is -4.68. The van der Waals surface area contributed by atoms with Gasteiger partial charge in [0, 0.05) is 46.0 Å². The highest BCUT2D eigenvalue weighted by atomic mass is 16.7. The summed E-state index contributed by atoms with van der Waals surface area (Å²) < 4.78 is 84.0. The van der Waals surface area contributed by atoms with E-state index in [-0.39, 0.29) is 97.7 Å². The van der Waals surface area contributed by atoms with Crippen molar-refractivity contribution >= 4 is 5.91 Å². The molecule has 25 atom stereocenters. The molecule has 5 aliphatic heterocycles. The number of aliphatic hydroxyl groups excluding tert-OH is 16. The molecule has 1 amide bonds. The van der Waals surface area contributed by atoms with Gasteiger partial charge in [0.15, 0.2) is 31.5 Å². The van der Waals surface area contributed by atoms with Crippen LogP contribution in [0.1, 0.15) is 122 Å². The molecule has 5 fully saturated rings.